The average Bonchev–Trinajstić information content (AvgIpc) is 2.14. The summed E-state index contributed by atoms with van der Waals surface area (Å²) in [4.78, 5) is 0. The van der Waals surface area contributed by atoms with Gasteiger partial charge in [0.15, 0.2) is 0 Å². The van der Waals surface area contributed by atoms with Crippen LogP contribution in [0.15, 0.2) is 0 Å². The van der Waals surface area contributed by atoms with Gasteiger partial charge in [-0.15, -0.1) is 0 Å². The number of nitrogens with zero attached hydrogens (tertiary/aromatic N) is 1. The summed E-state index contributed by atoms with van der Waals surface area (Å²) in [5, 5.41) is 0. The fourth-order valence-electron chi connectivity index (χ4n) is 1.16. The van der Waals surface area contributed by atoms with E-state index in [1.807, 2.05) is 0 Å². The summed E-state index contributed by atoms with van der Waals surface area (Å²) in [6.07, 6.45) is -5.55. The molecule has 0 spiro atoms. The molecule has 0 bridgehead atoms. The number of morpholine rings is 1. The molecule has 1 rings (SSSR count). The molecule has 0 aromatic heterocycles. The smallest absolute Gasteiger partial charge is 0.377 e. The van der Waals surface area contributed by atoms with Gasteiger partial charge in [0.25, 0.3) is 10.2 Å². The number of alkyl halides is 3. The van der Waals surface area contributed by atoms with Gasteiger partial charge in [0.05, 0.1) is 19.4 Å². The van der Waals surface area contributed by atoms with Gasteiger partial charge >= 0.3 is 6.18 Å². The van der Waals surface area contributed by atoms with Crippen LogP contribution in [0.2, 0.25) is 0 Å². The molecule has 1 unspecified atom stereocenters. The Bertz CT molecular complexity index is 332. The molecular formula is C6H12F3N3O3S. The Morgan fingerprint density at radius 2 is 2.12 bits per heavy atom. The lowest BCUT2D eigenvalue weighted by molar-refractivity contribution is -0.121. The van der Waals surface area contributed by atoms with Crippen LogP contribution in [0.1, 0.15) is 0 Å². The van der Waals surface area contributed by atoms with Gasteiger partial charge in [-0.25, -0.2) is 0 Å². The second-order valence-corrected chi connectivity index (χ2v) is 4.90. The summed E-state index contributed by atoms with van der Waals surface area (Å²) in [5.41, 5.74) is 5.40. The van der Waals surface area contributed by atoms with Crippen molar-refractivity contribution in [1.82, 2.24) is 9.03 Å². The van der Waals surface area contributed by atoms with Crippen molar-refractivity contribution in [2.45, 2.75) is 12.3 Å². The Hall–Kier alpha value is -0.420. The summed E-state index contributed by atoms with van der Waals surface area (Å²) < 4.78 is 65.5. The highest BCUT2D eigenvalue weighted by atomic mass is 32.2. The Kier molecular flexibility index (Phi) is 4.12. The summed E-state index contributed by atoms with van der Waals surface area (Å²) in [6, 6.07) is 0. The van der Waals surface area contributed by atoms with Crippen LogP contribution in [0.5, 0.6) is 0 Å². The van der Waals surface area contributed by atoms with Gasteiger partial charge in [0, 0.05) is 6.54 Å². The highest BCUT2D eigenvalue weighted by Gasteiger charge is 2.35. The first-order valence-corrected chi connectivity index (χ1v) is 5.83. The predicted octanol–water partition coefficient (Wildman–Crippen LogP) is -1.000. The molecule has 0 radical (unpaired) electrons. The Balaban J connectivity index is 2.62. The third kappa shape index (κ3) is 3.87. The summed E-state index contributed by atoms with van der Waals surface area (Å²) in [5.74, 6) is 0. The maximum absolute atomic E-state index is 11.8. The molecule has 1 heterocycles. The van der Waals surface area contributed by atoms with Crippen LogP contribution < -0.4 is 10.5 Å². The van der Waals surface area contributed by atoms with Gasteiger partial charge < -0.3 is 10.5 Å². The summed E-state index contributed by atoms with van der Waals surface area (Å²) in [7, 11) is -4.21. The molecule has 96 valence electrons. The quantitative estimate of drug-likeness (QED) is 0.684. The highest BCUT2D eigenvalue weighted by molar-refractivity contribution is 7.87. The van der Waals surface area contributed by atoms with E-state index in [2.05, 4.69) is 0 Å². The summed E-state index contributed by atoms with van der Waals surface area (Å²) in [6.45, 7) is -1.60. The normalized spacial score (nSPS) is 24.6. The van der Waals surface area contributed by atoms with Crippen molar-refractivity contribution in [1.29, 1.82) is 0 Å². The van der Waals surface area contributed by atoms with Gasteiger partial charge in [-0.3, -0.25) is 0 Å². The van der Waals surface area contributed by atoms with E-state index in [0.717, 1.165) is 4.31 Å². The van der Waals surface area contributed by atoms with E-state index in [1.54, 1.807) is 0 Å². The molecule has 3 N–H and O–H groups in total. The van der Waals surface area contributed by atoms with Crippen molar-refractivity contribution in [2.75, 3.05) is 26.3 Å². The fourth-order valence-corrected chi connectivity index (χ4v) is 2.41. The van der Waals surface area contributed by atoms with Gasteiger partial charge in [0.1, 0.15) is 6.54 Å². The fraction of sp³-hybridized carbons (Fsp3) is 1.00. The van der Waals surface area contributed by atoms with Crippen molar-refractivity contribution < 1.29 is 26.3 Å². The molecule has 10 heteroatoms. The molecule has 1 atom stereocenters. The third-order valence-electron chi connectivity index (χ3n) is 1.88. The molecular weight excluding hydrogens is 251 g/mol. The molecule has 0 aliphatic carbocycles. The number of hydrogen-bond acceptors (Lipinski definition) is 4. The topological polar surface area (TPSA) is 84.7 Å². The molecule has 6 nitrogen and oxygen atoms in total. The predicted molar refractivity (Wildman–Crippen MR) is 48.5 cm³/mol. The van der Waals surface area contributed by atoms with Crippen LogP contribution in [0, 0.1) is 0 Å². The zero-order chi connectivity index (χ0) is 12.4. The largest absolute Gasteiger partial charge is 0.402 e. The highest BCUT2D eigenvalue weighted by Crippen LogP contribution is 2.14. The van der Waals surface area contributed by atoms with E-state index >= 15 is 0 Å². The van der Waals surface area contributed by atoms with Crippen LogP contribution >= 0.6 is 0 Å². The van der Waals surface area contributed by atoms with Crippen LogP contribution in [-0.2, 0) is 14.9 Å². The molecule has 16 heavy (non-hydrogen) atoms. The number of rotatable bonds is 3. The van der Waals surface area contributed by atoms with Gasteiger partial charge in [-0.05, 0) is 0 Å². The molecule has 0 saturated carbocycles. The first kappa shape index (κ1) is 13.6. The van der Waals surface area contributed by atoms with E-state index in [-0.39, 0.29) is 19.8 Å². The van der Waals surface area contributed by atoms with E-state index in [4.69, 9.17) is 10.5 Å². The first-order valence-electron chi connectivity index (χ1n) is 4.39. The number of hydrogen-bond donors (Lipinski definition) is 2. The molecule has 0 aromatic rings. The molecule has 0 amide bonds. The van der Waals surface area contributed by atoms with E-state index in [1.165, 1.54) is 4.72 Å². The molecule has 1 fully saturated rings. The zero-order valence-corrected chi connectivity index (χ0v) is 9.01. The standard InChI is InChI=1S/C6H12F3N3O3S/c7-6(8,9)4-11-16(13,14)12-1-2-15-3-5(12)10/h5,11H,1-4,10H2. The minimum Gasteiger partial charge on any atom is -0.377 e. The monoisotopic (exact) mass is 263 g/mol. The minimum absolute atomic E-state index is 0.0348. The number of ether oxygens (including phenoxy) is 1. The van der Waals surface area contributed by atoms with Crippen molar-refractivity contribution >= 4 is 10.2 Å². The summed E-state index contributed by atoms with van der Waals surface area (Å²) >= 11 is 0. The lowest BCUT2D eigenvalue weighted by Crippen LogP contribution is -2.57. The zero-order valence-electron chi connectivity index (χ0n) is 8.20. The molecule has 1 aliphatic rings. The van der Waals surface area contributed by atoms with Crippen LogP contribution in [0.4, 0.5) is 13.2 Å². The third-order valence-corrected chi connectivity index (χ3v) is 3.46. The second kappa shape index (κ2) is 4.84. The van der Waals surface area contributed by atoms with Crippen LogP contribution in [-0.4, -0.2) is 51.4 Å². The van der Waals surface area contributed by atoms with E-state index in [9.17, 15) is 21.6 Å². The van der Waals surface area contributed by atoms with Gasteiger partial charge in [-0.1, -0.05) is 0 Å². The minimum atomic E-state index is -4.59. The Labute approximate surface area is 90.7 Å². The van der Waals surface area contributed by atoms with Crippen LogP contribution in [0.25, 0.3) is 0 Å². The van der Waals surface area contributed by atoms with E-state index < -0.39 is 29.1 Å². The maximum Gasteiger partial charge on any atom is 0.402 e. The molecule has 1 aliphatic heterocycles. The number of halogens is 3. The Morgan fingerprint density at radius 1 is 1.50 bits per heavy atom. The van der Waals surface area contributed by atoms with Crippen molar-refractivity contribution in [3.63, 3.8) is 0 Å². The van der Waals surface area contributed by atoms with Crippen molar-refractivity contribution in [2.24, 2.45) is 5.73 Å². The lowest BCUT2D eigenvalue weighted by atomic mass is 10.4. The Morgan fingerprint density at radius 3 is 2.62 bits per heavy atom. The van der Waals surface area contributed by atoms with Crippen molar-refractivity contribution in [3.05, 3.63) is 0 Å². The number of nitrogens with two attached hydrogens (primary N) is 1. The molecule has 1 saturated heterocycles. The first-order chi connectivity index (χ1) is 7.22. The van der Waals surface area contributed by atoms with Gasteiger partial charge in [0.2, 0.25) is 0 Å². The second-order valence-electron chi connectivity index (χ2n) is 3.19. The molecule has 0 aromatic carbocycles. The van der Waals surface area contributed by atoms with Gasteiger partial charge in [-0.2, -0.15) is 30.6 Å². The number of nitrogens with one attached hydrogen (secondary N) is 1. The lowest BCUT2D eigenvalue weighted by Gasteiger charge is -2.31. The maximum atomic E-state index is 11.8. The van der Waals surface area contributed by atoms with Crippen LogP contribution in [0.3, 0.4) is 0 Å². The van der Waals surface area contributed by atoms with Crippen molar-refractivity contribution in [3.8, 4) is 0 Å². The average molecular weight is 263 g/mol. The van der Waals surface area contributed by atoms with E-state index in [0.29, 0.717) is 0 Å². The SMILES string of the molecule is NC1COCCN1S(=O)(=O)NCC(F)(F)F.